The number of amides is 2. The number of benzene rings is 1. The summed E-state index contributed by atoms with van der Waals surface area (Å²) < 4.78 is 28.2. The van der Waals surface area contributed by atoms with E-state index in [1.807, 2.05) is 13.2 Å². The lowest BCUT2D eigenvalue weighted by atomic mass is 9.94. The first-order valence-electron chi connectivity index (χ1n) is 11.4. The van der Waals surface area contributed by atoms with Gasteiger partial charge in [-0.15, -0.1) is 0 Å². The molecule has 1 heterocycles. The van der Waals surface area contributed by atoms with Crippen LogP contribution in [0.3, 0.4) is 0 Å². The van der Waals surface area contributed by atoms with Crippen LogP contribution in [0.1, 0.15) is 38.7 Å². The lowest BCUT2D eigenvalue weighted by Crippen LogP contribution is -2.54. The van der Waals surface area contributed by atoms with E-state index in [-0.39, 0.29) is 28.5 Å². The maximum atomic E-state index is 13.2. The van der Waals surface area contributed by atoms with Crippen molar-refractivity contribution in [2.45, 2.75) is 57.0 Å². The fourth-order valence-corrected chi connectivity index (χ4v) is 5.57. The molecule has 0 bridgehead atoms. The molecule has 1 fully saturated rings. The van der Waals surface area contributed by atoms with Crippen LogP contribution in [0.25, 0.3) is 0 Å². The zero-order valence-corrected chi connectivity index (χ0v) is 21.7. The quantitative estimate of drug-likeness (QED) is 0.411. The highest BCUT2D eigenvalue weighted by molar-refractivity contribution is 7.98. The van der Waals surface area contributed by atoms with E-state index in [0.717, 1.165) is 5.56 Å². The Bertz CT molecular complexity index is 957. The number of aliphatic carboxylic acids is 1. The van der Waals surface area contributed by atoms with Gasteiger partial charge in [0.25, 0.3) is 0 Å². The Morgan fingerprint density at radius 3 is 2.24 bits per heavy atom. The number of nitrogens with one attached hydrogen (secondary N) is 2. The largest absolute Gasteiger partial charge is 0.480 e. The van der Waals surface area contributed by atoms with Gasteiger partial charge in [0.05, 0.1) is 4.90 Å². The van der Waals surface area contributed by atoms with Crippen molar-refractivity contribution in [3.8, 4) is 0 Å². The lowest BCUT2D eigenvalue weighted by Gasteiger charge is -2.35. The van der Waals surface area contributed by atoms with E-state index < -0.39 is 28.1 Å². The first-order valence-corrected chi connectivity index (χ1v) is 14.2. The van der Waals surface area contributed by atoms with Crippen LogP contribution >= 0.6 is 11.8 Å². The number of carbonyl (C=O) groups is 3. The molecule has 1 aromatic carbocycles. The summed E-state index contributed by atoms with van der Waals surface area (Å²) in [5.74, 6) is -1.74. The van der Waals surface area contributed by atoms with Crippen LogP contribution < -0.4 is 10.0 Å². The second-order valence-corrected chi connectivity index (χ2v) is 11.6. The van der Waals surface area contributed by atoms with Crippen LogP contribution in [-0.4, -0.2) is 73.4 Å². The third kappa shape index (κ3) is 7.71. The van der Waals surface area contributed by atoms with Gasteiger partial charge in [-0.05, 0) is 56.2 Å². The minimum Gasteiger partial charge on any atom is -0.480 e. The van der Waals surface area contributed by atoms with E-state index >= 15 is 0 Å². The van der Waals surface area contributed by atoms with Crippen molar-refractivity contribution in [1.82, 2.24) is 14.9 Å². The van der Waals surface area contributed by atoms with Crippen LogP contribution in [-0.2, 0) is 24.4 Å². The van der Waals surface area contributed by atoms with Crippen molar-refractivity contribution in [3.63, 3.8) is 0 Å². The number of thioether (sulfide) groups is 1. The van der Waals surface area contributed by atoms with E-state index in [2.05, 4.69) is 10.0 Å². The highest BCUT2D eigenvalue weighted by Gasteiger charge is 2.35. The maximum absolute atomic E-state index is 13.2. The van der Waals surface area contributed by atoms with Crippen LogP contribution in [0.4, 0.5) is 0 Å². The predicted octanol–water partition coefficient (Wildman–Crippen LogP) is 1.86. The van der Waals surface area contributed by atoms with Gasteiger partial charge in [-0.2, -0.15) is 16.5 Å². The van der Waals surface area contributed by atoms with Gasteiger partial charge in [0.15, 0.2) is 0 Å². The summed E-state index contributed by atoms with van der Waals surface area (Å²) in [7, 11) is -3.88. The molecule has 1 saturated heterocycles. The predicted molar refractivity (Wildman–Crippen MR) is 132 cm³/mol. The Hall–Kier alpha value is -2.11. The molecule has 0 saturated carbocycles. The molecular formula is C23H35N3O6S2. The number of carbonyl (C=O) groups excluding carboxylic acids is 2. The Balaban J connectivity index is 1.99. The van der Waals surface area contributed by atoms with E-state index in [4.69, 9.17) is 0 Å². The molecule has 0 spiro atoms. The Kier molecular flexibility index (Phi) is 10.4. The number of piperidine rings is 1. The standard InChI is InChI=1S/C23H35N3O6S2/c1-15(2)20(25-34(31,32)18-7-5-16(3)6-8-18)22(28)26-12-9-17(10-13-26)21(27)24-19(23(29)30)11-14-33-4/h5-8,15,17,19-20,25H,9-14H2,1-4H3,(H,24,27)(H,29,30). The van der Waals surface area contributed by atoms with Gasteiger partial charge in [0, 0.05) is 19.0 Å². The van der Waals surface area contributed by atoms with Crippen molar-refractivity contribution in [3.05, 3.63) is 29.8 Å². The first kappa shape index (κ1) is 28.1. The SMILES string of the molecule is CSCCC(NC(=O)C1CCN(C(=O)C(NS(=O)(=O)c2ccc(C)cc2)C(C)C)CC1)C(=O)O. The van der Waals surface area contributed by atoms with E-state index in [9.17, 15) is 27.9 Å². The highest BCUT2D eigenvalue weighted by atomic mass is 32.2. The molecule has 3 N–H and O–H groups in total. The molecular weight excluding hydrogens is 478 g/mol. The normalized spacial score (nSPS) is 16.8. The monoisotopic (exact) mass is 513 g/mol. The lowest BCUT2D eigenvalue weighted by molar-refractivity contribution is -0.143. The molecule has 0 aromatic heterocycles. The number of hydrogen-bond acceptors (Lipinski definition) is 6. The molecule has 2 atom stereocenters. The number of carboxylic acids is 1. The minimum absolute atomic E-state index is 0.0985. The fourth-order valence-electron chi connectivity index (χ4n) is 3.77. The number of carboxylic acid groups (broad SMARTS) is 1. The van der Waals surface area contributed by atoms with Crippen LogP contribution in [0, 0.1) is 18.8 Å². The molecule has 34 heavy (non-hydrogen) atoms. The van der Waals surface area contributed by atoms with E-state index in [1.54, 1.807) is 30.9 Å². The Morgan fingerprint density at radius 1 is 1.15 bits per heavy atom. The second-order valence-electron chi connectivity index (χ2n) is 8.94. The summed E-state index contributed by atoms with van der Waals surface area (Å²) >= 11 is 1.51. The average Bonchev–Trinajstić information content (AvgIpc) is 2.79. The third-order valence-corrected chi connectivity index (χ3v) is 8.05. The topological polar surface area (TPSA) is 133 Å². The van der Waals surface area contributed by atoms with Crippen molar-refractivity contribution in [2.75, 3.05) is 25.1 Å². The molecule has 2 unspecified atom stereocenters. The first-order chi connectivity index (χ1) is 16.0. The zero-order chi connectivity index (χ0) is 25.5. The average molecular weight is 514 g/mol. The smallest absolute Gasteiger partial charge is 0.326 e. The number of hydrogen-bond donors (Lipinski definition) is 3. The number of sulfonamides is 1. The summed E-state index contributed by atoms with van der Waals surface area (Å²) in [6.45, 7) is 6.02. The Morgan fingerprint density at radius 2 is 1.74 bits per heavy atom. The molecule has 0 radical (unpaired) electrons. The minimum atomic E-state index is -3.88. The zero-order valence-electron chi connectivity index (χ0n) is 20.1. The van der Waals surface area contributed by atoms with Crippen molar-refractivity contribution in [1.29, 1.82) is 0 Å². The van der Waals surface area contributed by atoms with Crippen molar-refractivity contribution >= 4 is 39.6 Å². The van der Waals surface area contributed by atoms with Crippen LogP contribution in [0.5, 0.6) is 0 Å². The third-order valence-electron chi connectivity index (χ3n) is 5.95. The number of likely N-dealkylation sites (tertiary alicyclic amines) is 1. The van der Waals surface area contributed by atoms with Gasteiger partial charge < -0.3 is 15.3 Å². The summed E-state index contributed by atoms with van der Waals surface area (Å²) in [6.07, 6.45) is 3.00. The summed E-state index contributed by atoms with van der Waals surface area (Å²) in [6, 6.07) is 4.56. The van der Waals surface area contributed by atoms with E-state index in [1.165, 1.54) is 23.9 Å². The molecule has 2 rings (SSSR count). The van der Waals surface area contributed by atoms with Crippen molar-refractivity contribution < 1.29 is 27.9 Å². The van der Waals surface area contributed by atoms with Gasteiger partial charge in [0.2, 0.25) is 21.8 Å². The number of aryl methyl sites for hydroxylation is 1. The van der Waals surface area contributed by atoms with Gasteiger partial charge in [-0.3, -0.25) is 9.59 Å². The van der Waals surface area contributed by atoms with Gasteiger partial charge >= 0.3 is 5.97 Å². The fraction of sp³-hybridized carbons (Fsp3) is 0.609. The molecule has 190 valence electrons. The molecule has 1 aromatic rings. The molecule has 1 aliphatic rings. The molecule has 2 amide bonds. The second kappa shape index (κ2) is 12.6. The van der Waals surface area contributed by atoms with Crippen LogP contribution in [0.15, 0.2) is 29.2 Å². The highest BCUT2D eigenvalue weighted by Crippen LogP contribution is 2.21. The molecule has 9 nitrogen and oxygen atoms in total. The van der Waals surface area contributed by atoms with Gasteiger partial charge in [0.1, 0.15) is 12.1 Å². The van der Waals surface area contributed by atoms with Gasteiger partial charge in [-0.1, -0.05) is 31.5 Å². The van der Waals surface area contributed by atoms with E-state index in [0.29, 0.717) is 38.1 Å². The molecule has 11 heteroatoms. The number of rotatable bonds is 11. The molecule has 0 aliphatic carbocycles. The number of nitrogens with zero attached hydrogens (tertiary/aromatic N) is 1. The van der Waals surface area contributed by atoms with Crippen LogP contribution in [0.2, 0.25) is 0 Å². The molecule has 1 aliphatic heterocycles. The summed E-state index contributed by atoms with van der Waals surface area (Å²) in [5.41, 5.74) is 0.932. The Labute approximate surface area is 206 Å². The summed E-state index contributed by atoms with van der Waals surface area (Å²) in [5, 5.41) is 11.9. The van der Waals surface area contributed by atoms with Crippen molar-refractivity contribution in [2.24, 2.45) is 11.8 Å². The maximum Gasteiger partial charge on any atom is 0.326 e. The summed E-state index contributed by atoms with van der Waals surface area (Å²) in [4.78, 5) is 38.9. The van der Waals surface area contributed by atoms with Gasteiger partial charge in [-0.25, -0.2) is 13.2 Å².